The van der Waals surface area contributed by atoms with Crippen molar-refractivity contribution in [2.45, 2.75) is 25.8 Å². The molecule has 1 atom stereocenters. The number of urea groups is 1. The van der Waals surface area contributed by atoms with Gasteiger partial charge in [-0.15, -0.1) is 0 Å². The van der Waals surface area contributed by atoms with Crippen LogP contribution in [-0.4, -0.2) is 35.1 Å². The smallest absolute Gasteiger partial charge is 0.319 e. The van der Waals surface area contributed by atoms with Crippen LogP contribution < -0.4 is 15.5 Å². The normalized spacial score (nSPS) is 17.3. The molecular formula is C19H21N5O2. The van der Waals surface area contributed by atoms with E-state index in [0.717, 1.165) is 42.9 Å². The number of aryl methyl sites for hydroxylation is 1. The topological polar surface area (TPSA) is 83.3 Å². The minimum absolute atomic E-state index is 0.0586. The predicted molar refractivity (Wildman–Crippen MR) is 100 cm³/mol. The van der Waals surface area contributed by atoms with Crippen molar-refractivity contribution in [3.05, 3.63) is 48.6 Å². The van der Waals surface area contributed by atoms with Gasteiger partial charge in [-0.1, -0.05) is 12.1 Å². The molecule has 1 aliphatic rings. The van der Waals surface area contributed by atoms with Crippen LogP contribution in [0.1, 0.15) is 18.6 Å². The zero-order chi connectivity index (χ0) is 17.9. The van der Waals surface area contributed by atoms with Crippen molar-refractivity contribution in [1.29, 1.82) is 0 Å². The van der Waals surface area contributed by atoms with Gasteiger partial charge in [-0.05, 0) is 31.9 Å². The number of anilines is 2. The molecule has 3 aromatic rings. The number of carbonyl (C=O) groups is 1. The molecule has 0 aliphatic carbocycles. The largest absolute Gasteiger partial charge is 0.459 e. The van der Waals surface area contributed by atoms with Gasteiger partial charge in [0.1, 0.15) is 11.6 Å². The van der Waals surface area contributed by atoms with E-state index >= 15 is 0 Å². The van der Waals surface area contributed by atoms with Gasteiger partial charge in [0.05, 0.1) is 11.9 Å². The Hall–Kier alpha value is -3.09. The number of hydrogen-bond donors (Lipinski definition) is 2. The van der Waals surface area contributed by atoms with Crippen molar-refractivity contribution in [3.8, 4) is 0 Å². The molecule has 4 rings (SSSR count). The van der Waals surface area contributed by atoms with Crippen molar-refractivity contribution < 1.29 is 9.21 Å². The molecule has 2 amide bonds. The van der Waals surface area contributed by atoms with Crippen molar-refractivity contribution >= 4 is 28.5 Å². The molecule has 0 unspecified atom stereocenters. The molecule has 7 nitrogen and oxygen atoms in total. The second-order valence-corrected chi connectivity index (χ2v) is 6.53. The maximum absolute atomic E-state index is 12.5. The Bertz CT molecular complexity index is 909. The van der Waals surface area contributed by atoms with E-state index in [9.17, 15) is 4.79 Å². The number of amides is 2. The Morgan fingerprint density at radius 3 is 3.12 bits per heavy atom. The van der Waals surface area contributed by atoms with E-state index in [1.54, 1.807) is 18.6 Å². The Morgan fingerprint density at radius 2 is 2.27 bits per heavy atom. The number of hydrogen-bond acceptors (Lipinski definition) is 5. The molecule has 0 bridgehead atoms. The molecule has 1 aliphatic heterocycles. The standard InChI is InChI=1S/C19H21N5O2/c1-13-10-14-4-2-6-16(18(14)26-13)23-19(25)22-15-5-3-9-24(12-15)17-11-20-7-8-21-17/h2,4,6-8,10-11,15H,3,5,9,12H2,1H3,(H2,22,23,25)/t15-/m1/s1. The minimum atomic E-state index is -0.224. The highest BCUT2D eigenvalue weighted by molar-refractivity contribution is 5.99. The van der Waals surface area contributed by atoms with Crippen LogP contribution in [0.15, 0.2) is 47.3 Å². The molecule has 0 radical (unpaired) electrons. The van der Waals surface area contributed by atoms with Crippen LogP contribution >= 0.6 is 0 Å². The third kappa shape index (κ3) is 3.46. The average Bonchev–Trinajstić information content (AvgIpc) is 3.04. The number of benzene rings is 1. The number of fused-ring (bicyclic) bond motifs is 1. The Morgan fingerprint density at radius 1 is 1.35 bits per heavy atom. The number of furan rings is 1. The highest BCUT2D eigenvalue weighted by Gasteiger charge is 2.22. The molecule has 0 saturated carbocycles. The maximum Gasteiger partial charge on any atom is 0.319 e. The maximum atomic E-state index is 12.5. The van der Waals surface area contributed by atoms with Gasteiger partial charge in [-0.25, -0.2) is 9.78 Å². The van der Waals surface area contributed by atoms with Crippen LogP contribution in [0.5, 0.6) is 0 Å². The monoisotopic (exact) mass is 351 g/mol. The SMILES string of the molecule is Cc1cc2cccc(NC(=O)N[C@@H]3CCCN(c4cnccn4)C3)c2o1. The molecule has 1 saturated heterocycles. The summed E-state index contributed by atoms with van der Waals surface area (Å²) in [5.74, 6) is 1.66. The van der Waals surface area contributed by atoms with Gasteiger partial charge >= 0.3 is 6.03 Å². The molecule has 1 fully saturated rings. The summed E-state index contributed by atoms with van der Waals surface area (Å²) in [5.41, 5.74) is 1.37. The second kappa shape index (κ2) is 7.03. The number of para-hydroxylation sites is 1. The Kier molecular flexibility index (Phi) is 4.43. The first-order chi connectivity index (χ1) is 12.7. The highest BCUT2D eigenvalue weighted by atomic mass is 16.3. The zero-order valence-corrected chi connectivity index (χ0v) is 14.6. The predicted octanol–water partition coefficient (Wildman–Crippen LogP) is 3.32. The van der Waals surface area contributed by atoms with Crippen molar-refractivity contribution in [1.82, 2.24) is 15.3 Å². The van der Waals surface area contributed by atoms with Gasteiger partial charge in [-0.2, -0.15) is 0 Å². The fraction of sp³-hybridized carbons (Fsp3) is 0.316. The summed E-state index contributed by atoms with van der Waals surface area (Å²) in [6.45, 7) is 3.53. The Balaban J connectivity index is 1.41. The summed E-state index contributed by atoms with van der Waals surface area (Å²) in [6.07, 6.45) is 7.03. The number of nitrogens with zero attached hydrogens (tertiary/aromatic N) is 3. The highest BCUT2D eigenvalue weighted by Crippen LogP contribution is 2.26. The van der Waals surface area contributed by atoms with Gasteiger partial charge in [0.15, 0.2) is 5.58 Å². The van der Waals surface area contributed by atoms with E-state index in [0.29, 0.717) is 11.3 Å². The summed E-state index contributed by atoms with van der Waals surface area (Å²) in [6, 6.07) is 7.51. The first-order valence-corrected chi connectivity index (χ1v) is 8.77. The number of piperidine rings is 1. The van der Waals surface area contributed by atoms with E-state index in [1.807, 2.05) is 31.2 Å². The molecule has 1 aromatic carbocycles. The van der Waals surface area contributed by atoms with Crippen LogP contribution in [0, 0.1) is 6.92 Å². The van der Waals surface area contributed by atoms with Crippen molar-refractivity contribution in [2.75, 3.05) is 23.3 Å². The van der Waals surface area contributed by atoms with Crippen LogP contribution in [0.25, 0.3) is 11.0 Å². The molecule has 2 aromatic heterocycles. The molecule has 7 heteroatoms. The molecule has 0 spiro atoms. The summed E-state index contributed by atoms with van der Waals surface area (Å²) < 4.78 is 5.70. The molecular weight excluding hydrogens is 330 g/mol. The quantitative estimate of drug-likeness (QED) is 0.756. The van der Waals surface area contributed by atoms with Crippen molar-refractivity contribution in [2.24, 2.45) is 0 Å². The number of carbonyl (C=O) groups excluding carboxylic acids is 1. The molecule has 26 heavy (non-hydrogen) atoms. The van der Waals surface area contributed by atoms with Crippen molar-refractivity contribution in [3.63, 3.8) is 0 Å². The fourth-order valence-electron chi connectivity index (χ4n) is 3.39. The molecule has 2 N–H and O–H groups in total. The summed E-state index contributed by atoms with van der Waals surface area (Å²) in [7, 11) is 0. The molecule has 3 heterocycles. The zero-order valence-electron chi connectivity index (χ0n) is 14.6. The lowest BCUT2D eigenvalue weighted by molar-refractivity contribution is 0.246. The van der Waals surface area contributed by atoms with Gasteiger partial charge < -0.3 is 20.0 Å². The lowest BCUT2D eigenvalue weighted by Crippen LogP contribution is -2.49. The first kappa shape index (κ1) is 16.4. The van der Waals surface area contributed by atoms with Gasteiger partial charge in [0.2, 0.25) is 0 Å². The summed E-state index contributed by atoms with van der Waals surface area (Å²) >= 11 is 0. The van der Waals surface area contributed by atoms with E-state index in [1.165, 1.54) is 0 Å². The van der Waals surface area contributed by atoms with E-state index < -0.39 is 0 Å². The van der Waals surface area contributed by atoms with E-state index in [2.05, 4.69) is 25.5 Å². The number of aromatic nitrogens is 2. The molecule has 134 valence electrons. The van der Waals surface area contributed by atoms with E-state index in [4.69, 9.17) is 4.42 Å². The second-order valence-electron chi connectivity index (χ2n) is 6.53. The van der Waals surface area contributed by atoms with Crippen LogP contribution in [0.4, 0.5) is 16.3 Å². The minimum Gasteiger partial charge on any atom is -0.459 e. The number of rotatable bonds is 3. The lowest BCUT2D eigenvalue weighted by Gasteiger charge is -2.33. The third-order valence-corrected chi connectivity index (χ3v) is 4.55. The van der Waals surface area contributed by atoms with Crippen LogP contribution in [-0.2, 0) is 0 Å². The van der Waals surface area contributed by atoms with Gasteiger partial charge in [-0.3, -0.25) is 4.98 Å². The van der Waals surface area contributed by atoms with Gasteiger partial charge in [0.25, 0.3) is 0 Å². The Labute approximate surface area is 151 Å². The summed E-state index contributed by atoms with van der Waals surface area (Å²) in [5, 5.41) is 6.95. The lowest BCUT2D eigenvalue weighted by atomic mass is 10.1. The van der Waals surface area contributed by atoms with E-state index in [-0.39, 0.29) is 12.1 Å². The first-order valence-electron chi connectivity index (χ1n) is 8.77. The average molecular weight is 351 g/mol. The summed E-state index contributed by atoms with van der Waals surface area (Å²) in [4.78, 5) is 23.1. The van der Waals surface area contributed by atoms with Crippen LogP contribution in [0.2, 0.25) is 0 Å². The van der Waals surface area contributed by atoms with Crippen LogP contribution in [0.3, 0.4) is 0 Å². The number of nitrogens with one attached hydrogen (secondary N) is 2. The van der Waals surface area contributed by atoms with Gasteiger partial charge in [0, 0.05) is 36.9 Å². The fourth-order valence-corrected chi connectivity index (χ4v) is 3.39. The third-order valence-electron chi connectivity index (χ3n) is 4.55.